The number of aryl methyl sites for hydroxylation is 1. The summed E-state index contributed by atoms with van der Waals surface area (Å²) < 4.78 is 5.26. The first-order chi connectivity index (χ1) is 14.9. The standard InChI is InChI=1S/C22H15Cl2N3O3S/c1-12-15(23)10-16(24)21(25-12)27-20(28)11-30-22(29)14-9-18(19-7-4-8-31-19)26-17-6-3-2-5-13(14)17/h2-10H,11H2,1H3,(H,25,27,28). The second-order valence-electron chi connectivity index (χ2n) is 6.56. The molecule has 0 saturated heterocycles. The molecular formula is C22H15Cl2N3O3S. The summed E-state index contributed by atoms with van der Waals surface area (Å²) in [7, 11) is 0. The number of nitrogens with one attached hydrogen (secondary N) is 1. The number of fused-ring (bicyclic) bond motifs is 1. The number of rotatable bonds is 5. The number of carbonyl (C=O) groups is 2. The lowest BCUT2D eigenvalue weighted by Gasteiger charge is -2.11. The molecule has 31 heavy (non-hydrogen) atoms. The lowest BCUT2D eigenvalue weighted by molar-refractivity contribution is -0.119. The molecule has 156 valence electrons. The van der Waals surface area contributed by atoms with Crippen LogP contribution in [0.3, 0.4) is 0 Å². The molecule has 1 N–H and O–H groups in total. The van der Waals surface area contributed by atoms with E-state index in [1.54, 1.807) is 19.1 Å². The Morgan fingerprint density at radius 1 is 1.06 bits per heavy atom. The van der Waals surface area contributed by atoms with Gasteiger partial charge in [0, 0.05) is 5.39 Å². The third kappa shape index (κ3) is 4.69. The van der Waals surface area contributed by atoms with Crippen LogP contribution in [-0.2, 0) is 9.53 Å². The predicted molar refractivity (Wildman–Crippen MR) is 123 cm³/mol. The molecule has 9 heteroatoms. The van der Waals surface area contributed by atoms with Crippen molar-refractivity contribution in [3.63, 3.8) is 0 Å². The molecule has 0 unspecified atom stereocenters. The van der Waals surface area contributed by atoms with E-state index in [-0.39, 0.29) is 10.8 Å². The normalized spacial score (nSPS) is 10.8. The van der Waals surface area contributed by atoms with Crippen LogP contribution >= 0.6 is 34.5 Å². The van der Waals surface area contributed by atoms with Gasteiger partial charge in [0.15, 0.2) is 12.4 Å². The zero-order valence-corrected chi connectivity index (χ0v) is 18.5. The summed E-state index contributed by atoms with van der Waals surface area (Å²) in [5.74, 6) is -1.04. The molecule has 3 heterocycles. The molecule has 0 spiro atoms. The van der Waals surface area contributed by atoms with Crippen LogP contribution in [0.5, 0.6) is 0 Å². The molecule has 0 fully saturated rings. The van der Waals surface area contributed by atoms with E-state index < -0.39 is 18.5 Å². The summed E-state index contributed by atoms with van der Waals surface area (Å²) >= 11 is 13.5. The van der Waals surface area contributed by atoms with Gasteiger partial charge in [0.1, 0.15) is 0 Å². The number of amides is 1. The molecule has 0 aliphatic rings. The number of esters is 1. The van der Waals surface area contributed by atoms with Gasteiger partial charge >= 0.3 is 5.97 Å². The number of halogens is 2. The number of aromatic nitrogens is 2. The highest BCUT2D eigenvalue weighted by Crippen LogP contribution is 2.28. The predicted octanol–water partition coefficient (Wildman–Crippen LogP) is 5.77. The minimum atomic E-state index is -0.627. The van der Waals surface area contributed by atoms with Gasteiger partial charge in [-0.3, -0.25) is 4.79 Å². The van der Waals surface area contributed by atoms with Crippen molar-refractivity contribution < 1.29 is 14.3 Å². The van der Waals surface area contributed by atoms with Gasteiger partial charge in [-0.25, -0.2) is 14.8 Å². The van der Waals surface area contributed by atoms with Gasteiger partial charge in [0.25, 0.3) is 5.91 Å². The molecule has 1 aromatic carbocycles. The Morgan fingerprint density at radius 3 is 2.65 bits per heavy atom. The Labute approximate surface area is 191 Å². The number of nitrogens with zero attached hydrogens (tertiary/aromatic N) is 2. The summed E-state index contributed by atoms with van der Waals surface area (Å²) in [4.78, 5) is 34.8. The molecule has 0 atom stereocenters. The molecule has 6 nitrogen and oxygen atoms in total. The monoisotopic (exact) mass is 471 g/mol. The van der Waals surface area contributed by atoms with Crippen LogP contribution in [0.2, 0.25) is 10.0 Å². The van der Waals surface area contributed by atoms with E-state index in [0.717, 1.165) is 4.88 Å². The molecular weight excluding hydrogens is 457 g/mol. The number of anilines is 1. The van der Waals surface area contributed by atoms with Gasteiger partial charge in [-0.05, 0) is 36.6 Å². The number of pyridine rings is 2. The molecule has 0 aliphatic heterocycles. The number of ether oxygens (including phenoxy) is 1. The number of carbonyl (C=O) groups excluding carboxylic acids is 2. The maximum atomic E-state index is 12.8. The number of thiophene rings is 1. The minimum absolute atomic E-state index is 0.152. The fraction of sp³-hybridized carbons (Fsp3) is 0.0909. The number of benzene rings is 1. The summed E-state index contributed by atoms with van der Waals surface area (Å²) in [5, 5.41) is 5.69. The smallest absolute Gasteiger partial charge is 0.339 e. The molecule has 0 saturated carbocycles. The van der Waals surface area contributed by atoms with Gasteiger partial charge in [0.05, 0.1) is 37.4 Å². The van der Waals surface area contributed by atoms with Crippen molar-refractivity contribution >= 4 is 63.1 Å². The maximum Gasteiger partial charge on any atom is 0.339 e. The first-order valence-corrected chi connectivity index (χ1v) is 10.8. The van der Waals surface area contributed by atoms with Crippen LogP contribution in [0.15, 0.2) is 53.9 Å². The van der Waals surface area contributed by atoms with Crippen molar-refractivity contribution in [2.75, 3.05) is 11.9 Å². The fourth-order valence-corrected chi connectivity index (χ4v) is 4.01. The maximum absolute atomic E-state index is 12.8. The number of hydrogen-bond donors (Lipinski definition) is 1. The van der Waals surface area contributed by atoms with Crippen molar-refractivity contribution in [2.24, 2.45) is 0 Å². The zero-order chi connectivity index (χ0) is 22.0. The average Bonchev–Trinajstić information content (AvgIpc) is 3.30. The van der Waals surface area contributed by atoms with Crippen molar-refractivity contribution in [1.82, 2.24) is 9.97 Å². The van der Waals surface area contributed by atoms with Crippen molar-refractivity contribution in [1.29, 1.82) is 0 Å². The number of hydrogen-bond acceptors (Lipinski definition) is 6. The Balaban J connectivity index is 1.53. The molecule has 3 aromatic heterocycles. The van der Waals surface area contributed by atoms with Crippen LogP contribution in [0.4, 0.5) is 5.82 Å². The van der Waals surface area contributed by atoms with E-state index in [2.05, 4.69) is 15.3 Å². The molecule has 0 aliphatic carbocycles. The van der Waals surface area contributed by atoms with Crippen LogP contribution in [0, 0.1) is 6.92 Å². The van der Waals surface area contributed by atoms with Crippen molar-refractivity contribution in [3.05, 3.63) is 75.2 Å². The van der Waals surface area contributed by atoms with Crippen molar-refractivity contribution in [2.45, 2.75) is 6.92 Å². The second-order valence-corrected chi connectivity index (χ2v) is 8.32. The van der Waals surface area contributed by atoms with Crippen molar-refractivity contribution in [3.8, 4) is 10.6 Å². The third-order valence-corrected chi connectivity index (χ3v) is 5.97. The number of para-hydroxylation sites is 1. The first kappa shape index (κ1) is 21.2. The topological polar surface area (TPSA) is 81.2 Å². The summed E-state index contributed by atoms with van der Waals surface area (Å²) in [6.07, 6.45) is 0. The van der Waals surface area contributed by atoms with Crippen LogP contribution < -0.4 is 5.32 Å². The SMILES string of the molecule is Cc1nc(NC(=O)COC(=O)c2cc(-c3cccs3)nc3ccccc23)c(Cl)cc1Cl. The highest BCUT2D eigenvalue weighted by Gasteiger charge is 2.18. The molecule has 0 bridgehead atoms. The van der Waals surface area contributed by atoms with E-state index in [4.69, 9.17) is 27.9 Å². The third-order valence-electron chi connectivity index (χ3n) is 4.41. The van der Waals surface area contributed by atoms with Gasteiger partial charge < -0.3 is 10.1 Å². The van der Waals surface area contributed by atoms with Gasteiger partial charge in [-0.2, -0.15) is 0 Å². The quantitative estimate of drug-likeness (QED) is 0.373. The Kier molecular flexibility index (Phi) is 6.18. The van der Waals surface area contributed by atoms with E-state index >= 15 is 0 Å². The van der Waals surface area contributed by atoms with E-state index in [9.17, 15) is 9.59 Å². The second kappa shape index (κ2) is 9.01. The van der Waals surface area contributed by atoms with Crippen LogP contribution in [0.1, 0.15) is 16.1 Å². The Morgan fingerprint density at radius 2 is 1.87 bits per heavy atom. The molecule has 0 radical (unpaired) electrons. The van der Waals surface area contributed by atoms with Crippen LogP contribution in [-0.4, -0.2) is 28.5 Å². The van der Waals surface area contributed by atoms with Gasteiger partial charge in [-0.1, -0.05) is 47.5 Å². The van der Waals surface area contributed by atoms with E-state index in [1.165, 1.54) is 17.4 Å². The first-order valence-electron chi connectivity index (χ1n) is 9.15. The highest BCUT2D eigenvalue weighted by atomic mass is 35.5. The van der Waals surface area contributed by atoms with Gasteiger partial charge in [0.2, 0.25) is 0 Å². The molecule has 1 amide bonds. The summed E-state index contributed by atoms with van der Waals surface area (Å²) in [6, 6.07) is 14.3. The van der Waals surface area contributed by atoms with Crippen LogP contribution in [0.25, 0.3) is 21.5 Å². The average molecular weight is 472 g/mol. The highest BCUT2D eigenvalue weighted by molar-refractivity contribution is 7.13. The lowest BCUT2D eigenvalue weighted by atomic mass is 10.1. The summed E-state index contributed by atoms with van der Waals surface area (Å²) in [5.41, 5.74) is 2.18. The van der Waals surface area contributed by atoms with Gasteiger partial charge in [-0.15, -0.1) is 11.3 Å². The van der Waals surface area contributed by atoms with E-state index in [0.29, 0.717) is 32.9 Å². The lowest BCUT2D eigenvalue weighted by Crippen LogP contribution is -2.22. The Hall–Kier alpha value is -3.00. The largest absolute Gasteiger partial charge is 0.452 e. The Bertz CT molecular complexity index is 1290. The minimum Gasteiger partial charge on any atom is -0.452 e. The molecule has 4 aromatic rings. The zero-order valence-electron chi connectivity index (χ0n) is 16.2. The molecule has 4 rings (SSSR count). The summed E-state index contributed by atoms with van der Waals surface area (Å²) in [6.45, 7) is 1.19. The fourth-order valence-electron chi connectivity index (χ4n) is 2.92. The van der Waals surface area contributed by atoms with E-state index in [1.807, 2.05) is 35.7 Å².